The molecule has 0 aliphatic heterocycles. The van der Waals surface area contributed by atoms with Crippen LogP contribution in [-0.4, -0.2) is 28.3 Å². The molecule has 0 spiro atoms. The van der Waals surface area contributed by atoms with Gasteiger partial charge in [-0.1, -0.05) is 24.2 Å². The molecule has 0 atom stereocenters. The Hall–Kier alpha value is -0.200. The molecule has 0 amide bonds. The quantitative estimate of drug-likeness (QED) is 0.701. The third-order valence-electron chi connectivity index (χ3n) is 1.09. The van der Waals surface area contributed by atoms with E-state index in [2.05, 4.69) is 9.70 Å². The highest BCUT2D eigenvalue weighted by molar-refractivity contribution is 7.86. The predicted octanol–water partition coefficient (Wildman–Crippen LogP) is 1.24. The summed E-state index contributed by atoms with van der Waals surface area (Å²) >= 11 is 0. The molecule has 4 nitrogen and oxygen atoms in total. The molecule has 0 aliphatic carbocycles. The molecule has 0 heterocycles. The highest BCUT2D eigenvalue weighted by atomic mass is 32.2. The zero-order valence-electron chi connectivity index (χ0n) is 8.34. The zero-order chi connectivity index (χ0) is 10.7. The molecule has 0 unspecified atom stereocenters. The first-order chi connectivity index (χ1) is 6.04. The Labute approximate surface area is 79.5 Å². The minimum Gasteiger partial charge on any atom is -0.323 e. The maximum absolute atomic E-state index is 11.1. The second-order valence-corrected chi connectivity index (χ2v) is 4.18. The van der Waals surface area contributed by atoms with Crippen LogP contribution in [0.15, 0.2) is 0 Å². The van der Waals surface area contributed by atoms with Crippen molar-refractivity contribution in [3.63, 3.8) is 0 Å². The van der Waals surface area contributed by atoms with E-state index in [0.717, 1.165) is 12.8 Å². The van der Waals surface area contributed by atoms with E-state index in [1.807, 2.05) is 21.0 Å². The van der Waals surface area contributed by atoms with Crippen LogP contribution in [-0.2, 0) is 14.5 Å². The van der Waals surface area contributed by atoms with E-state index in [1.165, 1.54) is 0 Å². The Kier molecular flexibility index (Phi) is 11.6. The van der Waals surface area contributed by atoms with Crippen molar-refractivity contribution in [2.45, 2.75) is 26.2 Å². The maximum atomic E-state index is 11.1. The lowest BCUT2D eigenvalue weighted by Crippen LogP contribution is -2.05. The van der Waals surface area contributed by atoms with Crippen LogP contribution in [0.3, 0.4) is 0 Å². The van der Waals surface area contributed by atoms with Crippen molar-refractivity contribution in [2.24, 2.45) is 0 Å². The lowest BCUT2D eigenvalue weighted by atomic mass is 10.3. The fraction of sp³-hybridized carbons (Fsp3) is 1.00. The Bertz CT molecular complexity index is 182. The summed E-state index contributed by atoms with van der Waals surface area (Å²) in [5.74, 6) is -0.225. The average Bonchev–Trinajstić information content (AvgIpc) is 2.06. The molecule has 82 valence electrons. The fourth-order valence-electron chi connectivity index (χ4n) is 0.560. The van der Waals surface area contributed by atoms with Gasteiger partial charge in [0.1, 0.15) is 0 Å². The van der Waals surface area contributed by atoms with Gasteiger partial charge in [-0.2, -0.15) is 8.42 Å². The van der Waals surface area contributed by atoms with Gasteiger partial charge in [0.05, 0.1) is 5.75 Å². The molecule has 0 radical (unpaired) electrons. The van der Waals surface area contributed by atoms with Crippen molar-refractivity contribution in [3.05, 3.63) is 0 Å². The first kappa shape index (κ1) is 15.3. The molecule has 0 rings (SSSR count). The van der Waals surface area contributed by atoms with Gasteiger partial charge in [0.15, 0.2) is 0 Å². The van der Waals surface area contributed by atoms with Crippen molar-refractivity contribution >= 4 is 10.1 Å². The average molecular weight is 215 g/mol. The van der Waals surface area contributed by atoms with Crippen LogP contribution in [0.4, 0.5) is 4.53 Å². The molecule has 0 aromatic carbocycles. The van der Waals surface area contributed by atoms with Crippen molar-refractivity contribution in [1.29, 1.82) is 0 Å². The summed E-state index contributed by atoms with van der Waals surface area (Å²) in [6, 6.07) is 0. The van der Waals surface area contributed by atoms with E-state index < -0.39 is 10.1 Å². The summed E-state index contributed by atoms with van der Waals surface area (Å²) in [4.78, 5) is 0. The molecule has 0 bridgehead atoms. The first-order valence-electron chi connectivity index (χ1n) is 4.15. The standard InChI is InChI=1S/C5H11FO3S.C2H7N/c1-2-3-4-5-10(7,8)9-6;1-3-2/h2-5H2,1H3;3H,1-2H3. The van der Waals surface area contributed by atoms with Crippen molar-refractivity contribution in [3.8, 4) is 0 Å². The van der Waals surface area contributed by atoms with Gasteiger partial charge in [-0.25, -0.2) is 0 Å². The molecule has 13 heavy (non-hydrogen) atoms. The van der Waals surface area contributed by atoms with Crippen LogP contribution in [0.5, 0.6) is 0 Å². The fourth-order valence-corrected chi connectivity index (χ4v) is 1.18. The molecular formula is C7H18FNO3S. The number of halogens is 1. The Morgan fingerprint density at radius 2 is 1.77 bits per heavy atom. The van der Waals surface area contributed by atoms with Crippen molar-refractivity contribution < 1.29 is 17.3 Å². The number of hydrogen-bond acceptors (Lipinski definition) is 4. The van der Waals surface area contributed by atoms with E-state index in [-0.39, 0.29) is 5.75 Å². The summed E-state index contributed by atoms with van der Waals surface area (Å²) < 4.78 is 34.4. The monoisotopic (exact) mass is 215 g/mol. The van der Waals surface area contributed by atoms with E-state index >= 15 is 0 Å². The second kappa shape index (κ2) is 9.88. The van der Waals surface area contributed by atoms with Gasteiger partial charge in [0.25, 0.3) is 10.1 Å². The molecule has 0 saturated carbocycles. The molecule has 0 aliphatic rings. The normalized spacial score (nSPS) is 10.5. The lowest BCUT2D eigenvalue weighted by Gasteiger charge is -1.94. The molecule has 0 aromatic heterocycles. The molecule has 0 saturated heterocycles. The van der Waals surface area contributed by atoms with Gasteiger partial charge < -0.3 is 5.32 Å². The molecule has 0 aromatic rings. The topological polar surface area (TPSA) is 55.4 Å². The largest absolute Gasteiger partial charge is 0.323 e. The van der Waals surface area contributed by atoms with E-state index in [4.69, 9.17) is 0 Å². The predicted molar refractivity (Wildman–Crippen MR) is 50.5 cm³/mol. The van der Waals surface area contributed by atoms with Crippen LogP contribution in [0.1, 0.15) is 26.2 Å². The summed E-state index contributed by atoms with van der Waals surface area (Å²) in [5, 5.41) is 2.75. The van der Waals surface area contributed by atoms with Crippen molar-refractivity contribution in [1.82, 2.24) is 5.32 Å². The van der Waals surface area contributed by atoms with E-state index in [0.29, 0.717) is 6.42 Å². The zero-order valence-corrected chi connectivity index (χ0v) is 9.16. The highest BCUT2D eigenvalue weighted by Gasteiger charge is 2.09. The minimum atomic E-state index is -3.86. The Morgan fingerprint density at radius 1 is 1.31 bits per heavy atom. The lowest BCUT2D eigenvalue weighted by molar-refractivity contribution is 0.00289. The summed E-state index contributed by atoms with van der Waals surface area (Å²) in [7, 11) is -0.108. The van der Waals surface area contributed by atoms with Gasteiger partial charge in [0, 0.05) is 0 Å². The summed E-state index contributed by atoms with van der Waals surface area (Å²) in [6.07, 6.45) is 2.15. The van der Waals surface area contributed by atoms with Gasteiger partial charge >= 0.3 is 0 Å². The number of hydrogen-bond donors (Lipinski definition) is 1. The maximum Gasteiger partial charge on any atom is 0.297 e. The highest BCUT2D eigenvalue weighted by Crippen LogP contribution is 2.00. The molecule has 1 N–H and O–H groups in total. The summed E-state index contributed by atoms with van der Waals surface area (Å²) in [6.45, 7) is 1.93. The van der Waals surface area contributed by atoms with E-state index in [9.17, 15) is 12.9 Å². The Morgan fingerprint density at radius 3 is 2.08 bits per heavy atom. The minimum absolute atomic E-state index is 0.225. The number of unbranched alkanes of at least 4 members (excludes halogenated alkanes) is 2. The second-order valence-electron chi connectivity index (χ2n) is 2.53. The molecular weight excluding hydrogens is 197 g/mol. The first-order valence-corrected chi connectivity index (χ1v) is 5.73. The van der Waals surface area contributed by atoms with Crippen LogP contribution >= 0.6 is 0 Å². The number of rotatable bonds is 5. The van der Waals surface area contributed by atoms with Crippen LogP contribution < -0.4 is 5.32 Å². The van der Waals surface area contributed by atoms with Crippen LogP contribution in [0.25, 0.3) is 0 Å². The van der Waals surface area contributed by atoms with E-state index in [1.54, 1.807) is 0 Å². The third-order valence-corrected chi connectivity index (χ3v) is 2.07. The Balaban J connectivity index is 0. The smallest absolute Gasteiger partial charge is 0.297 e. The van der Waals surface area contributed by atoms with Crippen LogP contribution in [0, 0.1) is 0 Å². The van der Waals surface area contributed by atoms with Crippen molar-refractivity contribution in [2.75, 3.05) is 19.8 Å². The SMILES string of the molecule is CCCCCS(=O)(=O)OF.CNC. The van der Waals surface area contributed by atoms with Crippen LogP contribution in [0.2, 0.25) is 0 Å². The molecule has 0 fully saturated rings. The van der Waals surface area contributed by atoms with Gasteiger partial charge in [-0.05, 0) is 25.0 Å². The van der Waals surface area contributed by atoms with Gasteiger partial charge in [-0.3, -0.25) is 0 Å². The summed E-state index contributed by atoms with van der Waals surface area (Å²) in [5.41, 5.74) is 0. The third kappa shape index (κ3) is 14.6. The number of nitrogens with one attached hydrogen (secondary N) is 1. The molecule has 6 heteroatoms. The van der Waals surface area contributed by atoms with Gasteiger partial charge in [-0.15, -0.1) is 0 Å². The van der Waals surface area contributed by atoms with Gasteiger partial charge in [0.2, 0.25) is 0 Å².